The van der Waals surface area contributed by atoms with Gasteiger partial charge in [-0.3, -0.25) is 9.68 Å². The zero-order valence-electron chi connectivity index (χ0n) is 13.2. The molecule has 0 spiro atoms. The molecular formula is C16H12N2O9. The fraction of sp³-hybridized carbons (Fsp3) is 0. The Morgan fingerprint density at radius 3 is 2.48 bits per heavy atom. The lowest BCUT2D eigenvalue weighted by atomic mass is 10.1. The van der Waals surface area contributed by atoms with Gasteiger partial charge in [0, 0.05) is 17.7 Å². The number of benzene rings is 1. The maximum atomic E-state index is 12.1. The Labute approximate surface area is 149 Å². The molecule has 0 fully saturated rings. The number of phenols is 2. The molecule has 0 atom stereocenters. The zero-order valence-corrected chi connectivity index (χ0v) is 13.2. The third kappa shape index (κ3) is 2.87. The molecule has 2 heterocycles. The number of nitrogens with one attached hydrogen (secondary N) is 1. The van der Waals surface area contributed by atoms with Crippen LogP contribution in [0.3, 0.4) is 0 Å². The lowest BCUT2D eigenvalue weighted by Crippen LogP contribution is -2.13. The summed E-state index contributed by atoms with van der Waals surface area (Å²) < 4.78 is 0.789. The normalized spacial score (nSPS) is 15.3. The smallest absolute Gasteiger partial charge is 0.382 e. The zero-order chi connectivity index (χ0) is 19.9. The van der Waals surface area contributed by atoms with Crippen molar-refractivity contribution in [2.75, 3.05) is 0 Å². The number of aliphatic hydroxyl groups is 1. The van der Waals surface area contributed by atoms with E-state index in [2.05, 4.69) is 10.2 Å². The van der Waals surface area contributed by atoms with Crippen LogP contribution in [0.1, 0.15) is 5.56 Å². The minimum atomic E-state index is -1.48. The molecule has 3 rings (SSSR count). The highest BCUT2D eigenvalue weighted by Crippen LogP contribution is 2.38. The molecule has 7 N–H and O–H groups in total. The number of carbonyl (C=O) groups is 2. The SMILES string of the molecule is O=C(OO)C1=C(O)N/C(=C\c2cc(O)n(-c3cc(O)ccc3O)c2O)C1=O. The number of hydrogen-bond donors (Lipinski definition) is 7. The quantitative estimate of drug-likeness (QED) is 0.132. The molecule has 27 heavy (non-hydrogen) atoms. The van der Waals surface area contributed by atoms with E-state index in [0.717, 1.165) is 28.8 Å². The average molecular weight is 376 g/mol. The Morgan fingerprint density at radius 1 is 1.11 bits per heavy atom. The van der Waals surface area contributed by atoms with Crippen LogP contribution in [0.2, 0.25) is 0 Å². The first-order chi connectivity index (χ1) is 12.7. The van der Waals surface area contributed by atoms with Crippen molar-refractivity contribution in [1.82, 2.24) is 9.88 Å². The van der Waals surface area contributed by atoms with Crippen molar-refractivity contribution >= 4 is 17.8 Å². The first-order valence-corrected chi connectivity index (χ1v) is 7.23. The van der Waals surface area contributed by atoms with Crippen LogP contribution in [0.5, 0.6) is 23.3 Å². The standard InChI is InChI=1S/C16H12N2O9/c19-7-1-2-10(20)9(5-7)18-11(21)4-6(15(18)24)3-8-13(22)12(14(23)17-8)16(25)27-26/h1-5,17,19-21,23-24,26H/b8-3-. The Kier molecular flexibility index (Phi) is 4.14. The van der Waals surface area contributed by atoms with Crippen molar-refractivity contribution in [3.63, 3.8) is 0 Å². The fourth-order valence-electron chi connectivity index (χ4n) is 2.52. The molecule has 11 heteroatoms. The molecule has 1 aromatic carbocycles. The second-order valence-electron chi connectivity index (χ2n) is 5.40. The average Bonchev–Trinajstić information content (AvgIpc) is 3.05. The van der Waals surface area contributed by atoms with E-state index in [-0.39, 0.29) is 28.4 Å². The molecule has 1 aliphatic rings. The molecule has 0 saturated carbocycles. The van der Waals surface area contributed by atoms with Crippen LogP contribution in [-0.2, 0) is 14.5 Å². The van der Waals surface area contributed by atoms with Gasteiger partial charge in [0.15, 0.2) is 11.5 Å². The van der Waals surface area contributed by atoms with Gasteiger partial charge in [-0.2, -0.15) is 5.26 Å². The Balaban J connectivity index is 2.04. The molecule has 0 saturated heterocycles. The number of aliphatic hydroxyl groups excluding tert-OH is 1. The van der Waals surface area contributed by atoms with E-state index in [1.54, 1.807) is 0 Å². The number of hydrogen-bond acceptors (Lipinski definition) is 10. The van der Waals surface area contributed by atoms with Gasteiger partial charge in [-0.25, -0.2) is 9.36 Å². The van der Waals surface area contributed by atoms with E-state index in [1.807, 2.05) is 0 Å². The second-order valence-corrected chi connectivity index (χ2v) is 5.40. The molecule has 0 amide bonds. The van der Waals surface area contributed by atoms with Crippen molar-refractivity contribution in [2.45, 2.75) is 0 Å². The molecular weight excluding hydrogens is 364 g/mol. The summed E-state index contributed by atoms with van der Waals surface area (Å²) >= 11 is 0. The van der Waals surface area contributed by atoms with Gasteiger partial charge in [0.2, 0.25) is 17.5 Å². The predicted molar refractivity (Wildman–Crippen MR) is 86.9 cm³/mol. The van der Waals surface area contributed by atoms with E-state index in [9.17, 15) is 35.1 Å². The summed E-state index contributed by atoms with van der Waals surface area (Å²) in [6, 6.07) is 4.43. The molecule has 1 aliphatic heterocycles. The molecule has 1 aromatic heterocycles. The van der Waals surface area contributed by atoms with Crippen LogP contribution < -0.4 is 5.32 Å². The van der Waals surface area contributed by atoms with Crippen molar-refractivity contribution in [3.05, 3.63) is 47.0 Å². The molecule has 0 bridgehead atoms. The second kappa shape index (κ2) is 6.31. The van der Waals surface area contributed by atoms with Crippen LogP contribution in [-0.4, -0.2) is 47.1 Å². The van der Waals surface area contributed by atoms with Crippen LogP contribution in [0, 0.1) is 0 Å². The fourth-order valence-corrected chi connectivity index (χ4v) is 2.52. The van der Waals surface area contributed by atoms with Crippen LogP contribution >= 0.6 is 0 Å². The highest BCUT2D eigenvalue weighted by molar-refractivity contribution is 6.27. The number of nitrogens with zero attached hydrogens (tertiary/aromatic N) is 1. The topological polar surface area (TPSA) is 182 Å². The van der Waals surface area contributed by atoms with Gasteiger partial charge in [0.25, 0.3) is 0 Å². The number of phenolic OH excluding ortho intramolecular Hbond substituents is 2. The number of carbonyl (C=O) groups excluding carboxylic acids is 2. The van der Waals surface area contributed by atoms with Crippen molar-refractivity contribution in [2.24, 2.45) is 0 Å². The number of rotatable bonds is 3. The molecule has 0 unspecified atom stereocenters. The molecule has 11 nitrogen and oxygen atoms in total. The highest BCUT2D eigenvalue weighted by atomic mass is 17.1. The van der Waals surface area contributed by atoms with E-state index in [4.69, 9.17) is 5.26 Å². The molecule has 0 aliphatic carbocycles. The van der Waals surface area contributed by atoms with Gasteiger partial charge in [-0.1, -0.05) is 0 Å². The summed E-state index contributed by atoms with van der Waals surface area (Å²) in [7, 11) is 0. The van der Waals surface area contributed by atoms with E-state index in [1.165, 1.54) is 6.07 Å². The number of aromatic hydroxyl groups is 4. The monoisotopic (exact) mass is 376 g/mol. The molecule has 140 valence electrons. The summed E-state index contributed by atoms with van der Waals surface area (Å²) in [4.78, 5) is 26.8. The molecule has 0 radical (unpaired) electrons. The summed E-state index contributed by atoms with van der Waals surface area (Å²) in [5.41, 5.74) is -1.48. The minimum Gasteiger partial charge on any atom is -0.508 e. The van der Waals surface area contributed by atoms with Crippen LogP contribution in [0.15, 0.2) is 41.4 Å². The first-order valence-electron chi connectivity index (χ1n) is 7.23. The summed E-state index contributed by atoms with van der Waals surface area (Å²) in [6.45, 7) is 0. The third-order valence-electron chi connectivity index (χ3n) is 3.73. The maximum Gasteiger partial charge on any atom is 0.382 e. The van der Waals surface area contributed by atoms with E-state index < -0.39 is 35.0 Å². The highest BCUT2D eigenvalue weighted by Gasteiger charge is 2.35. The van der Waals surface area contributed by atoms with Gasteiger partial charge in [-0.15, -0.1) is 0 Å². The third-order valence-corrected chi connectivity index (χ3v) is 3.73. The number of Topliss-reactive ketones (excluding diaryl/α,β-unsaturated/α-hetero) is 1. The largest absolute Gasteiger partial charge is 0.508 e. The number of aromatic nitrogens is 1. The Bertz CT molecular complexity index is 1030. The predicted octanol–water partition coefficient (Wildman–Crippen LogP) is 0.599. The van der Waals surface area contributed by atoms with Gasteiger partial charge >= 0.3 is 5.97 Å². The van der Waals surface area contributed by atoms with Crippen molar-refractivity contribution in [3.8, 4) is 28.9 Å². The summed E-state index contributed by atoms with van der Waals surface area (Å²) in [5.74, 6) is -5.15. The Hall–Kier alpha value is -4.12. The van der Waals surface area contributed by atoms with Crippen molar-refractivity contribution in [1.29, 1.82) is 0 Å². The van der Waals surface area contributed by atoms with Gasteiger partial charge < -0.3 is 30.8 Å². The van der Waals surface area contributed by atoms with Gasteiger partial charge in [0.05, 0.1) is 11.4 Å². The van der Waals surface area contributed by atoms with E-state index >= 15 is 0 Å². The lowest BCUT2D eigenvalue weighted by Gasteiger charge is -2.09. The van der Waals surface area contributed by atoms with E-state index in [0.29, 0.717) is 0 Å². The van der Waals surface area contributed by atoms with Crippen molar-refractivity contribution < 1.29 is 45.3 Å². The van der Waals surface area contributed by atoms with Crippen LogP contribution in [0.25, 0.3) is 11.8 Å². The number of ketones is 1. The van der Waals surface area contributed by atoms with Crippen LogP contribution in [0.4, 0.5) is 0 Å². The Morgan fingerprint density at radius 2 is 1.81 bits per heavy atom. The van der Waals surface area contributed by atoms with Gasteiger partial charge in [0.1, 0.15) is 11.5 Å². The maximum absolute atomic E-state index is 12.1. The molecule has 2 aromatic rings. The lowest BCUT2D eigenvalue weighted by molar-refractivity contribution is -0.229. The minimum absolute atomic E-state index is 0.127. The number of allylic oxidation sites excluding steroid dienone is 1. The first kappa shape index (κ1) is 17.7. The summed E-state index contributed by atoms with van der Waals surface area (Å²) in [5, 5.41) is 59.9. The van der Waals surface area contributed by atoms with Gasteiger partial charge in [-0.05, 0) is 18.2 Å². The summed E-state index contributed by atoms with van der Waals surface area (Å²) in [6.07, 6.45) is 1.00.